The van der Waals surface area contributed by atoms with Gasteiger partial charge in [-0.2, -0.15) is 0 Å². The molecule has 108 valence electrons. The molecular weight excluding hydrogens is 248 g/mol. The average Bonchev–Trinajstić information content (AvgIpc) is 2.74. The monoisotopic (exact) mass is 272 g/mol. The Morgan fingerprint density at radius 1 is 1.20 bits per heavy atom. The highest BCUT2D eigenvalue weighted by molar-refractivity contribution is 5.83. The molecule has 0 heterocycles. The summed E-state index contributed by atoms with van der Waals surface area (Å²) in [5.41, 5.74) is 4.64. The number of ketones is 1. The predicted octanol–water partition coefficient (Wildman–Crippen LogP) is 3.55. The van der Waals surface area contributed by atoms with Crippen molar-refractivity contribution in [3.05, 3.63) is 22.8 Å². The zero-order valence-corrected chi connectivity index (χ0v) is 12.3. The van der Waals surface area contributed by atoms with Crippen LogP contribution < -0.4 is 0 Å². The maximum atomic E-state index is 11.7. The Hall–Kier alpha value is -0.890. The van der Waals surface area contributed by atoms with E-state index < -0.39 is 0 Å². The van der Waals surface area contributed by atoms with E-state index >= 15 is 0 Å². The number of fused-ring (bicyclic) bond motifs is 4. The molecule has 0 aliphatic heterocycles. The van der Waals surface area contributed by atoms with Crippen LogP contribution in [0.2, 0.25) is 0 Å². The predicted molar refractivity (Wildman–Crippen MR) is 78.1 cm³/mol. The molecule has 2 nitrogen and oxygen atoms in total. The van der Waals surface area contributed by atoms with Crippen molar-refractivity contribution < 1.29 is 9.90 Å². The molecule has 1 fully saturated rings. The van der Waals surface area contributed by atoms with Crippen molar-refractivity contribution in [3.63, 3.8) is 0 Å². The number of carbonyl (C=O) groups is 1. The van der Waals surface area contributed by atoms with E-state index in [4.69, 9.17) is 0 Å². The van der Waals surface area contributed by atoms with E-state index in [0.29, 0.717) is 24.0 Å². The molecule has 1 N–H and O–H groups in total. The normalized spacial score (nSPS) is 43.8. The van der Waals surface area contributed by atoms with Gasteiger partial charge in [0.2, 0.25) is 0 Å². The van der Waals surface area contributed by atoms with Crippen LogP contribution in [0.1, 0.15) is 58.3 Å². The molecule has 4 aliphatic carbocycles. The van der Waals surface area contributed by atoms with Crippen LogP contribution in [0.15, 0.2) is 22.8 Å². The summed E-state index contributed by atoms with van der Waals surface area (Å²) in [5.74, 6) is 1.74. The smallest absolute Gasteiger partial charge is 0.137 e. The van der Waals surface area contributed by atoms with E-state index in [1.54, 1.807) is 5.57 Å². The van der Waals surface area contributed by atoms with Crippen LogP contribution in [-0.2, 0) is 4.79 Å². The van der Waals surface area contributed by atoms with Crippen molar-refractivity contribution in [2.75, 3.05) is 0 Å². The van der Waals surface area contributed by atoms with Crippen molar-refractivity contribution in [1.82, 2.24) is 0 Å². The zero-order chi connectivity index (χ0) is 13.9. The van der Waals surface area contributed by atoms with Crippen LogP contribution in [0.25, 0.3) is 0 Å². The molecule has 4 rings (SSSR count). The molecule has 4 atom stereocenters. The number of hydrogen-bond donors (Lipinski definition) is 1. The molecule has 2 heteroatoms. The molecule has 0 bridgehead atoms. The minimum Gasteiger partial charge on any atom is -0.393 e. The van der Waals surface area contributed by atoms with E-state index in [1.165, 1.54) is 24.0 Å². The first-order valence-electron chi connectivity index (χ1n) is 8.20. The molecule has 0 saturated heterocycles. The Morgan fingerprint density at radius 2 is 2.05 bits per heavy atom. The second-order valence-electron chi connectivity index (χ2n) is 7.51. The van der Waals surface area contributed by atoms with Gasteiger partial charge < -0.3 is 5.11 Å². The summed E-state index contributed by atoms with van der Waals surface area (Å²) in [6, 6.07) is 0. The molecular formula is C18H24O2. The Labute approximate surface area is 120 Å². The van der Waals surface area contributed by atoms with E-state index in [1.807, 2.05) is 0 Å². The Kier molecular flexibility index (Phi) is 2.76. The fourth-order valence-electron chi connectivity index (χ4n) is 5.39. The fraction of sp³-hybridized carbons (Fsp3) is 0.722. The molecule has 4 aliphatic rings. The molecule has 20 heavy (non-hydrogen) atoms. The van der Waals surface area contributed by atoms with Gasteiger partial charge in [-0.3, -0.25) is 4.79 Å². The standard InChI is InChI=1S/C18H24O2/c1-18-9-8-14-13-5-3-12(19)10-11(13)2-4-15(14)16(18)6-7-17(18)20/h8,15-17,20H,2-7,9-10H2,1H3/t15-,16+,17?,18+/m1/s1. The molecule has 0 amide bonds. The van der Waals surface area contributed by atoms with Gasteiger partial charge in [-0.25, -0.2) is 0 Å². The van der Waals surface area contributed by atoms with Crippen LogP contribution >= 0.6 is 0 Å². The minimum atomic E-state index is -0.117. The molecule has 0 radical (unpaired) electrons. The maximum absolute atomic E-state index is 11.7. The molecule has 1 unspecified atom stereocenters. The quantitative estimate of drug-likeness (QED) is 0.732. The highest BCUT2D eigenvalue weighted by Gasteiger charge is 2.52. The molecule has 0 aromatic carbocycles. The summed E-state index contributed by atoms with van der Waals surface area (Å²) in [7, 11) is 0. The topological polar surface area (TPSA) is 37.3 Å². The highest BCUT2D eigenvalue weighted by Crippen LogP contribution is 2.58. The average molecular weight is 272 g/mol. The lowest BCUT2D eigenvalue weighted by Crippen LogP contribution is -2.40. The number of allylic oxidation sites excluding steroid dienone is 4. The van der Waals surface area contributed by atoms with E-state index in [9.17, 15) is 9.90 Å². The summed E-state index contributed by atoms with van der Waals surface area (Å²) < 4.78 is 0. The third-order valence-corrected chi connectivity index (χ3v) is 6.60. The number of Topliss-reactive ketones (excluding diaryl/α,β-unsaturated/α-hetero) is 1. The fourth-order valence-corrected chi connectivity index (χ4v) is 5.39. The first-order chi connectivity index (χ1) is 9.59. The summed E-state index contributed by atoms with van der Waals surface area (Å²) in [6.45, 7) is 2.29. The van der Waals surface area contributed by atoms with Gasteiger partial charge in [0.1, 0.15) is 5.78 Å². The summed E-state index contributed by atoms with van der Waals surface area (Å²) >= 11 is 0. The number of rotatable bonds is 0. The largest absolute Gasteiger partial charge is 0.393 e. The van der Waals surface area contributed by atoms with Crippen molar-refractivity contribution in [2.45, 2.75) is 64.4 Å². The van der Waals surface area contributed by atoms with Crippen molar-refractivity contribution in [3.8, 4) is 0 Å². The van der Waals surface area contributed by atoms with E-state index in [-0.39, 0.29) is 11.5 Å². The molecule has 1 saturated carbocycles. The van der Waals surface area contributed by atoms with Crippen LogP contribution in [0.5, 0.6) is 0 Å². The number of hydrogen-bond acceptors (Lipinski definition) is 2. The van der Waals surface area contributed by atoms with Crippen molar-refractivity contribution in [1.29, 1.82) is 0 Å². The van der Waals surface area contributed by atoms with Crippen LogP contribution in [0.4, 0.5) is 0 Å². The Balaban J connectivity index is 1.73. The minimum absolute atomic E-state index is 0.108. The van der Waals surface area contributed by atoms with Gasteiger partial charge in [-0.15, -0.1) is 0 Å². The van der Waals surface area contributed by atoms with E-state index in [2.05, 4.69) is 13.0 Å². The van der Waals surface area contributed by atoms with Crippen LogP contribution in [0.3, 0.4) is 0 Å². The summed E-state index contributed by atoms with van der Waals surface area (Å²) in [4.78, 5) is 11.7. The zero-order valence-electron chi connectivity index (χ0n) is 12.3. The third-order valence-electron chi connectivity index (χ3n) is 6.60. The van der Waals surface area contributed by atoms with Crippen LogP contribution in [-0.4, -0.2) is 17.0 Å². The molecule has 0 aromatic heterocycles. The number of aliphatic hydroxyl groups is 1. The highest BCUT2D eigenvalue weighted by atomic mass is 16.3. The second-order valence-corrected chi connectivity index (χ2v) is 7.51. The maximum Gasteiger partial charge on any atom is 0.137 e. The summed E-state index contributed by atoms with van der Waals surface area (Å²) in [5, 5.41) is 10.4. The molecule has 0 aromatic rings. The van der Waals surface area contributed by atoms with Gasteiger partial charge in [-0.05, 0) is 61.5 Å². The van der Waals surface area contributed by atoms with Gasteiger partial charge in [0.25, 0.3) is 0 Å². The first-order valence-corrected chi connectivity index (χ1v) is 8.20. The second kappa shape index (κ2) is 4.30. The van der Waals surface area contributed by atoms with E-state index in [0.717, 1.165) is 32.1 Å². The van der Waals surface area contributed by atoms with Crippen molar-refractivity contribution >= 4 is 5.78 Å². The lowest BCUT2D eigenvalue weighted by molar-refractivity contribution is -0.118. The Morgan fingerprint density at radius 3 is 2.90 bits per heavy atom. The van der Waals surface area contributed by atoms with Crippen molar-refractivity contribution in [2.24, 2.45) is 17.3 Å². The van der Waals surface area contributed by atoms with Gasteiger partial charge in [0, 0.05) is 18.3 Å². The number of aliphatic hydroxyl groups excluding tert-OH is 1. The lowest BCUT2D eigenvalue weighted by Gasteiger charge is -2.46. The van der Waals surface area contributed by atoms with Gasteiger partial charge in [0.15, 0.2) is 0 Å². The first kappa shape index (κ1) is 12.8. The number of carbonyl (C=O) groups excluding carboxylic acids is 1. The summed E-state index contributed by atoms with van der Waals surface area (Å²) in [6.07, 6.45) is 10.2. The van der Waals surface area contributed by atoms with Gasteiger partial charge >= 0.3 is 0 Å². The molecule has 0 spiro atoms. The van der Waals surface area contributed by atoms with Gasteiger partial charge in [-0.1, -0.05) is 18.6 Å². The third kappa shape index (κ3) is 1.64. The van der Waals surface area contributed by atoms with Crippen LogP contribution in [0, 0.1) is 17.3 Å². The van der Waals surface area contributed by atoms with Gasteiger partial charge in [0.05, 0.1) is 6.10 Å². The Bertz CT molecular complexity index is 528. The lowest BCUT2D eigenvalue weighted by atomic mass is 9.58. The SMILES string of the molecule is C[C@]12CC=C3C4=C(CC[C@H]3[C@@H]1CCC2O)CC(=O)CC4.